The van der Waals surface area contributed by atoms with E-state index in [1.165, 1.54) is 11.1 Å². The van der Waals surface area contributed by atoms with Crippen LogP contribution in [0.2, 0.25) is 0 Å². The summed E-state index contributed by atoms with van der Waals surface area (Å²) in [5.74, 6) is 0.286. The Morgan fingerprint density at radius 2 is 2.24 bits per heavy atom. The lowest BCUT2D eigenvalue weighted by Gasteiger charge is -2.21. The minimum atomic E-state index is 0.286. The van der Waals surface area contributed by atoms with Gasteiger partial charge in [-0.05, 0) is 55.6 Å². The van der Waals surface area contributed by atoms with Crippen molar-refractivity contribution in [3.63, 3.8) is 0 Å². The highest BCUT2D eigenvalue weighted by Gasteiger charge is 2.21. The van der Waals surface area contributed by atoms with Crippen LogP contribution in [0.25, 0.3) is 0 Å². The van der Waals surface area contributed by atoms with Crippen molar-refractivity contribution in [1.82, 2.24) is 10.7 Å². The van der Waals surface area contributed by atoms with Crippen LogP contribution in [0, 0.1) is 6.92 Å². The summed E-state index contributed by atoms with van der Waals surface area (Å²) in [6.45, 7) is 3.28. The van der Waals surface area contributed by atoms with Gasteiger partial charge in [-0.3, -0.25) is 5.43 Å². The number of ether oxygens (including phenoxy) is 1. The standard InChI is InChI=1S/C15H21N3O2S/c1-10-6-7-13(19)14-11(10)4-3-5-12(14)17-18-15(21)16-8-9-20-2/h6-7,19H,3-5,8-9H2,1-2H3,(H2,16,18,21)/b17-12+. The number of aryl methyl sites for hydroxylation is 1. The first kappa shape index (κ1) is 15.7. The molecule has 114 valence electrons. The third-order valence-electron chi connectivity index (χ3n) is 3.54. The summed E-state index contributed by atoms with van der Waals surface area (Å²) in [4.78, 5) is 0. The molecule has 0 unspecified atom stereocenters. The van der Waals surface area contributed by atoms with Crippen molar-refractivity contribution in [1.29, 1.82) is 0 Å². The van der Waals surface area contributed by atoms with E-state index in [0.717, 1.165) is 30.5 Å². The molecule has 3 N–H and O–H groups in total. The highest BCUT2D eigenvalue weighted by atomic mass is 32.1. The number of hydrogen-bond donors (Lipinski definition) is 3. The van der Waals surface area contributed by atoms with E-state index in [4.69, 9.17) is 17.0 Å². The fourth-order valence-corrected chi connectivity index (χ4v) is 2.63. The third kappa shape index (κ3) is 3.92. The zero-order valence-electron chi connectivity index (χ0n) is 12.4. The number of phenols is 1. The lowest BCUT2D eigenvalue weighted by molar-refractivity contribution is 0.204. The first-order valence-corrected chi connectivity index (χ1v) is 7.45. The number of phenolic OH excluding ortho intramolecular Hbond substituents is 1. The number of methoxy groups -OCH3 is 1. The van der Waals surface area contributed by atoms with Crippen molar-refractivity contribution in [3.8, 4) is 5.75 Å². The number of hydrogen-bond acceptors (Lipinski definition) is 4. The average Bonchev–Trinajstić information content (AvgIpc) is 2.49. The monoisotopic (exact) mass is 307 g/mol. The Labute approximate surface area is 130 Å². The van der Waals surface area contributed by atoms with Gasteiger partial charge >= 0.3 is 0 Å². The molecule has 1 aromatic carbocycles. The Balaban J connectivity index is 2.11. The quantitative estimate of drug-likeness (QED) is 0.450. The summed E-state index contributed by atoms with van der Waals surface area (Å²) in [7, 11) is 1.64. The Bertz CT molecular complexity index is 558. The molecule has 0 atom stereocenters. The fourth-order valence-electron chi connectivity index (χ4n) is 2.48. The molecule has 0 spiro atoms. The van der Waals surface area contributed by atoms with Gasteiger partial charge in [-0.1, -0.05) is 6.07 Å². The van der Waals surface area contributed by atoms with Gasteiger partial charge in [0, 0.05) is 19.2 Å². The number of hydrazone groups is 1. The molecular weight excluding hydrogens is 286 g/mol. The van der Waals surface area contributed by atoms with E-state index in [1.54, 1.807) is 13.2 Å². The summed E-state index contributed by atoms with van der Waals surface area (Å²) in [5, 5.41) is 17.9. The SMILES string of the molecule is COCCNC(=S)N/N=C1\CCCc2c(C)ccc(O)c21. The highest BCUT2D eigenvalue weighted by Crippen LogP contribution is 2.31. The number of aromatic hydroxyl groups is 1. The van der Waals surface area contributed by atoms with E-state index in [0.29, 0.717) is 18.3 Å². The summed E-state index contributed by atoms with van der Waals surface area (Å²) in [6.07, 6.45) is 2.84. The second-order valence-corrected chi connectivity index (χ2v) is 5.44. The number of fused-ring (bicyclic) bond motifs is 1. The molecule has 0 fully saturated rings. The van der Waals surface area contributed by atoms with E-state index in [1.807, 2.05) is 6.07 Å². The number of benzene rings is 1. The van der Waals surface area contributed by atoms with E-state index < -0.39 is 0 Å². The molecule has 2 rings (SSSR count). The van der Waals surface area contributed by atoms with Crippen LogP contribution >= 0.6 is 12.2 Å². The Kier molecular flexibility index (Phi) is 5.52. The topological polar surface area (TPSA) is 65.9 Å². The molecule has 0 radical (unpaired) electrons. The van der Waals surface area contributed by atoms with Crippen LogP contribution < -0.4 is 10.7 Å². The third-order valence-corrected chi connectivity index (χ3v) is 3.77. The Hall–Kier alpha value is -1.66. The van der Waals surface area contributed by atoms with Gasteiger partial charge in [-0.15, -0.1) is 0 Å². The van der Waals surface area contributed by atoms with Gasteiger partial charge in [-0.25, -0.2) is 0 Å². The van der Waals surface area contributed by atoms with Crippen LogP contribution in [-0.2, 0) is 11.2 Å². The van der Waals surface area contributed by atoms with E-state index in [2.05, 4.69) is 22.8 Å². The van der Waals surface area contributed by atoms with E-state index >= 15 is 0 Å². The maximum atomic E-state index is 10.1. The minimum absolute atomic E-state index is 0.286. The predicted molar refractivity (Wildman–Crippen MR) is 87.9 cm³/mol. The molecule has 0 saturated carbocycles. The molecule has 21 heavy (non-hydrogen) atoms. The van der Waals surface area contributed by atoms with Crippen LogP contribution in [0.4, 0.5) is 0 Å². The number of rotatable bonds is 4. The van der Waals surface area contributed by atoms with E-state index in [9.17, 15) is 5.11 Å². The van der Waals surface area contributed by atoms with Crippen molar-refractivity contribution in [3.05, 3.63) is 28.8 Å². The molecule has 0 saturated heterocycles. The number of nitrogens with zero attached hydrogens (tertiary/aromatic N) is 1. The lowest BCUT2D eigenvalue weighted by Crippen LogP contribution is -2.35. The summed E-state index contributed by atoms with van der Waals surface area (Å²) in [6, 6.07) is 3.67. The molecule has 0 aliphatic heterocycles. The summed E-state index contributed by atoms with van der Waals surface area (Å²) >= 11 is 5.15. The predicted octanol–water partition coefficient (Wildman–Crippen LogP) is 1.85. The van der Waals surface area contributed by atoms with E-state index in [-0.39, 0.29) is 5.75 Å². The summed E-state index contributed by atoms with van der Waals surface area (Å²) in [5.41, 5.74) is 6.92. The van der Waals surface area contributed by atoms with Gasteiger partial charge in [0.1, 0.15) is 5.75 Å². The zero-order valence-corrected chi connectivity index (χ0v) is 13.2. The molecule has 1 aliphatic carbocycles. The fraction of sp³-hybridized carbons (Fsp3) is 0.467. The summed E-state index contributed by atoms with van der Waals surface area (Å²) < 4.78 is 4.94. The number of thiocarbonyl (C=S) groups is 1. The average molecular weight is 307 g/mol. The lowest BCUT2D eigenvalue weighted by atomic mass is 9.86. The van der Waals surface area contributed by atoms with Gasteiger partial charge in [0.2, 0.25) is 0 Å². The first-order valence-electron chi connectivity index (χ1n) is 7.04. The van der Waals surface area contributed by atoms with Gasteiger partial charge < -0.3 is 15.2 Å². The van der Waals surface area contributed by atoms with Crippen LogP contribution in [0.5, 0.6) is 5.75 Å². The maximum Gasteiger partial charge on any atom is 0.187 e. The van der Waals surface area contributed by atoms with Crippen LogP contribution in [0.15, 0.2) is 17.2 Å². The first-order chi connectivity index (χ1) is 10.1. The molecule has 0 bridgehead atoms. The molecule has 1 aliphatic rings. The van der Waals surface area contributed by atoms with Crippen LogP contribution in [0.3, 0.4) is 0 Å². The molecule has 0 aromatic heterocycles. The van der Waals surface area contributed by atoms with Crippen molar-refractivity contribution in [2.75, 3.05) is 20.3 Å². The largest absolute Gasteiger partial charge is 0.507 e. The van der Waals surface area contributed by atoms with Crippen LogP contribution in [0.1, 0.15) is 29.5 Å². The molecule has 1 aromatic rings. The van der Waals surface area contributed by atoms with Gasteiger partial charge in [0.25, 0.3) is 0 Å². The molecular formula is C15H21N3O2S. The Morgan fingerprint density at radius 1 is 1.43 bits per heavy atom. The second-order valence-electron chi connectivity index (χ2n) is 5.03. The Morgan fingerprint density at radius 3 is 3.00 bits per heavy atom. The zero-order chi connectivity index (χ0) is 15.2. The minimum Gasteiger partial charge on any atom is -0.507 e. The molecule has 6 heteroatoms. The van der Waals surface area contributed by atoms with Crippen molar-refractivity contribution < 1.29 is 9.84 Å². The molecule has 0 heterocycles. The number of nitrogens with one attached hydrogen (secondary N) is 2. The van der Waals surface area contributed by atoms with Gasteiger partial charge in [0.05, 0.1) is 12.3 Å². The van der Waals surface area contributed by atoms with Crippen LogP contribution in [-0.4, -0.2) is 36.2 Å². The molecule has 0 amide bonds. The van der Waals surface area contributed by atoms with Crippen molar-refractivity contribution in [2.45, 2.75) is 26.2 Å². The van der Waals surface area contributed by atoms with Crippen molar-refractivity contribution >= 4 is 23.0 Å². The normalized spacial score (nSPS) is 15.6. The van der Waals surface area contributed by atoms with Crippen molar-refractivity contribution in [2.24, 2.45) is 5.10 Å². The van der Waals surface area contributed by atoms with Gasteiger partial charge in [-0.2, -0.15) is 5.10 Å². The molecule has 5 nitrogen and oxygen atoms in total. The smallest absolute Gasteiger partial charge is 0.187 e. The highest BCUT2D eigenvalue weighted by molar-refractivity contribution is 7.80. The maximum absolute atomic E-state index is 10.1. The van der Waals surface area contributed by atoms with Gasteiger partial charge in [0.15, 0.2) is 5.11 Å². The second kappa shape index (κ2) is 7.38.